The van der Waals surface area contributed by atoms with Gasteiger partial charge in [0.05, 0.1) is 6.54 Å². The molecule has 0 aliphatic carbocycles. The normalized spacial score (nSPS) is 11.9. The fourth-order valence-corrected chi connectivity index (χ4v) is 0.670. The van der Waals surface area contributed by atoms with E-state index in [2.05, 4.69) is 15.5 Å². The zero-order valence-corrected chi connectivity index (χ0v) is 6.15. The zero-order chi connectivity index (χ0) is 7.61. The lowest BCUT2D eigenvalue weighted by Gasteiger charge is -2.16. The highest BCUT2D eigenvalue weighted by Crippen LogP contribution is 1.98. The lowest BCUT2D eigenvalue weighted by molar-refractivity contribution is 0.402. The molecule has 0 aliphatic rings. The minimum absolute atomic E-state index is 0.255. The lowest BCUT2D eigenvalue weighted by Crippen LogP contribution is -2.37. The van der Waals surface area contributed by atoms with Crippen LogP contribution in [0.5, 0.6) is 0 Å². The smallest absolute Gasteiger partial charge is 0.138 e. The molecule has 0 aromatic carbocycles. The van der Waals surface area contributed by atoms with Gasteiger partial charge in [0.15, 0.2) is 0 Å². The quantitative estimate of drug-likeness (QED) is 0.597. The number of hydrogen-bond donors (Lipinski definition) is 1. The van der Waals surface area contributed by atoms with E-state index in [1.807, 2.05) is 13.8 Å². The Bertz CT molecular complexity index is 184. The van der Waals surface area contributed by atoms with Crippen LogP contribution in [0, 0.1) is 0 Å². The topological polar surface area (TPSA) is 69.6 Å². The average molecular weight is 141 g/mol. The van der Waals surface area contributed by atoms with Gasteiger partial charge >= 0.3 is 0 Å². The molecule has 0 radical (unpaired) electrons. The van der Waals surface area contributed by atoms with Crippen molar-refractivity contribution < 1.29 is 0 Å². The molecular formula is C5H11N5. The van der Waals surface area contributed by atoms with Crippen molar-refractivity contribution in [1.82, 2.24) is 20.2 Å². The molecule has 1 rings (SSSR count). The molecule has 0 unspecified atom stereocenters. The van der Waals surface area contributed by atoms with Gasteiger partial charge in [-0.05, 0) is 24.3 Å². The van der Waals surface area contributed by atoms with E-state index < -0.39 is 0 Å². The highest BCUT2D eigenvalue weighted by atomic mass is 15.5. The van der Waals surface area contributed by atoms with Crippen LogP contribution in [0.2, 0.25) is 0 Å². The van der Waals surface area contributed by atoms with Crippen molar-refractivity contribution in [3.63, 3.8) is 0 Å². The van der Waals surface area contributed by atoms with E-state index in [4.69, 9.17) is 5.73 Å². The summed E-state index contributed by atoms with van der Waals surface area (Å²) in [4.78, 5) is 0. The van der Waals surface area contributed by atoms with Gasteiger partial charge in [-0.3, -0.25) is 0 Å². The van der Waals surface area contributed by atoms with Crippen LogP contribution >= 0.6 is 0 Å². The summed E-state index contributed by atoms with van der Waals surface area (Å²) in [5.74, 6) is 0. The molecule has 2 N–H and O–H groups in total. The Balaban J connectivity index is 2.57. The van der Waals surface area contributed by atoms with Crippen LogP contribution in [0.4, 0.5) is 0 Å². The molecule has 5 nitrogen and oxygen atoms in total. The predicted octanol–water partition coefficient (Wildman–Crippen LogP) is -0.590. The molecule has 56 valence electrons. The van der Waals surface area contributed by atoms with Crippen molar-refractivity contribution in [2.24, 2.45) is 5.73 Å². The molecule has 0 bridgehead atoms. The molecule has 0 saturated heterocycles. The van der Waals surface area contributed by atoms with Crippen molar-refractivity contribution >= 4 is 0 Å². The third kappa shape index (κ3) is 2.10. The Morgan fingerprint density at radius 2 is 2.30 bits per heavy atom. The fourth-order valence-electron chi connectivity index (χ4n) is 0.670. The number of tetrazole rings is 1. The summed E-state index contributed by atoms with van der Waals surface area (Å²) < 4.78 is 1.61. The number of hydrogen-bond acceptors (Lipinski definition) is 4. The van der Waals surface area contributed by atoms with E-state index in [-0.39, 0.29) is 5.54 Å². The van der Waals surface area contributed by atoms with Crippen LogP contribution in [0.3, 0.4) is 0 Å². The van der Waals surface area contributed by atoms with E-state index in [1.165, 1.54) is 0 Å². The van der Waals surface area contributed by atoms with Gasteiger partial charge in [-0.2, -0.15) is 0 Å². The first-order chi connectivity index (χ1) is 4.58. The summed E-state index contributed by atoms with van der Waals surface area (Å²) in [6, 6.07) is 0. The Hall–Kier alpha value is -0.970. The molecule has 5 heteroatoms. The second-order valence-electron chi connectivity index (χ2n) is 3.00. The second kappa shape index (κ2) is 2.34. The molecule has 0 saturated carbocycles. The average Bonchev–Trinajstić information content (AvgIpc) is 2.12. The molecular weight excluding hydrogens is 130 g/mol. The minimum atomic E-state index is -0.255. The number of nitrogens with two attached hydrogens (primary N) is 1. The van der Waals surface area contributed by atoms with Gasteiger partial charge in [-0.25, -0.2) is 4.68 Å². The monoisotopic (exact) mass is 141 g/mol. The summed E-state index contributed by atoms with van der Waals surface area (Å²) in [6.45, 7) is 4.49. The number of rotatable bonds is 2. The van der Waals surface area contributed by atoms with Crippen LogP contribution in [0.15, 0.2) is 6.33 Å². The SMILES string of the molecule is CC(C)(N)Cn1cnnn1. The Morgan fingerprint density at radius 3 is 2.70 bits per heavy atom. The standard InChI is InChI=1S/C5H11N5/c1-5(2,6)3-10-4-7-8-9-10/h4H,3,6H2,1-2H3. The summed E-state index contributed by atoms with van der Waals surface area (Å²) in [5, 5.41) is 10.6. The summed E-state index contributed by atoms with van der Waals surface area (Å²) in [6.07, 6.45) is 1.55. The summed E-state index contributed by atoms with van der Waals surface area (Å²) in [7, 11) is 0. The Kier molecular flexibility index (Phi) is 1.67. The van der Waals surface area contributed by atoms with Gasteiger partial charge in [0.25, 0.3) is 0 Å². The van der Waals surface area contributed by atoms with Crippen molar-refractivity contribution in [1.29, 1.82) is 0 Å². The van der Waals surface area contributed by atoms with E-state index >= 15 is 0 Å². The van der Waals surface area contributed by atoms with E-state index in [1.54, 1.807) is 11.0 Å². The lowest BCUT2D eigenvalue weighted by atomic mass is 10.1. The molecule has 10 heavy (non-hydrogen) atoms. The van der Waals surface area contributed by atoms with Gasteiger partial charge in [-0.1, -0.05) is 0 Å². The molecule has 0 fully saturated rings. The molecule has 1 aromatic rings. The fraction of sp³-hybridized carbons (Fsp3) is 0.800. The van der Waals surface area contributed by atoms with Crippen LogP contribution < -0.4 is 5.73 Å². The summed E-state index contributed by atoms with van der Waals surface area (Å²) >= 11 is 0. The van der Waals surface area contributed by atoms with Crippen LogP contribution in [-0.4, -0.2) is 25.7 Å². The van der Waals surface area contributed by atoms with Gasteiger partial charge in [-0.15, -0.1) is 5.10 Å². The van der Waals surface area contributed by atoms with E-state index in [9.17, 15) is 0 Å². The molecule has 0 spiro atoms. The summed E-state index contributed by atoms with van der Waals surface area (Å²) in [5.41, 5.74) is 5.46. The highest BCUT2D eigenvalue weighted by molar-refractivity contribution is 4.70. The van der Waals surface area contributed by atoms with E-state index in [0.717, 1.165) is 0 Å². The van der Waals surface area contributed by atoms with Crippen molar-refractivity contribution in [2.45, 2.75) is 25.9 Å². The van der Waals surface area contributed by atoms with E-state index in [0.29, 0.717) is 6.54 Å². The number of nitrogens with zero attached hydrogens (tertiary/aromatic N) is 4. The molecule has 1 heterocycles. The zero-order valence-electron chi connectivity index (χ0n) is 6.15. The van der Waals surface area contributed by atoms with Crippen LogP contribution in [0.1, 0.15) is 13.8 Å². The molecule has 1 aromatic heterocycles. The van der Waals surface area contributed by atoms with Crippen molar-refractivity contribution in [2.75, 3.05) is 0 Å². The maximum atomic E-state index is 5.71. The maximum absolute atomic E-state index is 5.71. The van der Waals surface area contributed by atoms with Gasteiger partial charge in [0.1, 0.15) is 6.33 Å². The van der Waals surface area contributed by atoms with Gasteiger partial charge < -0.3 is 5.73 Å². The van der Waals surface area contributed by atoms with Gasteiger partial charge in [0, 0.05) is 5.54 Å². The second-order valence-corrected chi connectivity index (χ2v) is 3.00. The highest BCUT2D eigenvalue weighted by Gasteiger charge is 2.11. The van der Waals surface area contributed by atoms with Crippen molar-refractivity contribution in [3.8, 4) is 0 Å². The molecule has 0 amide bonds. The first kappa shape index (κ1) is 7.14. The Morgan fingerprint density at radius 1 is 1.60 bits per heavy atom. The first-order valence-corrected chi connectivity index (χ1v) is 3.07. The largest absolute Gasteiger partial charge is 0.324 e. The number of aromatic nitrogens is 4. The minimum Gasteiger partial charge on any atom is -0.324 e. The first-order valence-electron chi connectivity index (χ1n) is 3.07. The maximum Gasteiger partial charge on any atom is 0.138 e. The van der Waals surface area contributed by atoms with Crippen LogP contribution in [-0.2, 0) is 6.54 Å². The predicted molar refractivity (Wildman–Crippen MR) is 36.1 cm³/mol. The van der Waals surface area contributed by atoms with Crippen LogP contribution in [0.25, 0.3) is 0 Å². The molecule has 0 atom stereocenters. The van der Waals surface area contributed by atoms with Gasteiger partial charge in [0.2, 0.25) is 0 Å². The Labute approximate surface area is 59.2 Å². The molecule has 0 aliphatic heterocycles. The third-order valence-corrected chi connectivity index (χ3v) is 0.961. The third-order valence-electron chi connectivity index (χ3n) is 0.961. The van der Waals surface area contributed by atoms with Crippen molar-refractivity contribution in [3.05, 3.63) is 6.33 Å².